The van der Waals surface area contributed by atoms with Crippen molar-refractivity contribution >= 4 is 42.2 Å². The normalized spacial score (nSPS) is 18.4. The summed E-state index contributed by atoms with van der Waals surface area (Å²) in [4.78, 5) is 42.5. The van der Waals surface area contributed by atoms with Crippen LogP contribution >= 0.6 is 24.4 Å². The van der Waals surface area contributed by atoms with Crippen molar-refractivity contribution in [2.75, 3.05) is 31.4 Å². The number of benzene rings is 1. The molecule has 2 amide bonds. The van der Waals surface area contributed by atoms with E-state index in [1.54, 1.807) is 4.90 Å². The fraction of sp³-hybridized carbons (Fsp3) is 0.625. The molecule has 0 fully saturated rings. The highest BCUT2D eigenvalue weighted by molar-refractivity contribution is 7.98. The van der Waals surface area contributed by atoms with Crippen molar-refractivity contribution in [3.63, 3.8) is 0 Å². The Morgan fingerprint density at radius 1 is 1.29 bits per heavy atom. The van der Waals surface area contributed by atoms with Gasteiger partial charge in [0.2, 0.25) is 11.8 Å². The molecule has 1 aliphatic rings. The monoisotopic (exact) mass is 510 g/mol. The van der Waals surface area contributed by atoms with Crippen molar-refractivity contribution in [3.8, 4) is 0 Å². The molecule has 1 aliphatic heterocycles. The first-order valence-electron chi connectivity index (χ1n) is 11.6. The Hall–Kier alpha value is -1.75. The van der Waals surface area contributed by atoms with Crippen LogP contribution in [0.2, 0.25) is 0 Å². The highest BCUT2D eigenvalue weighted by Gasteiger charge is 2.40. The van der Waals surface area contributed by atoms with E-state index in [4.69, 9.17) is 5.73 Å². The van der Waals surface area contributed by atoms with E-state index in [0.717, 1.165) is 11.1 Å². The molecule has 1 heterocycles. The Kier molecular flexibility index (Phi) is 11.2. The molecule has 4 atom stereocenters. The minimum Gasteiger partial charge on any atom is -0.480 e. The van der Waals surface area contributed by atoms with Crippen LogP contribution in [0.4, 0.5) is 0 Å². The Morgan fingerprint density at radius 2 is 1.94 bits per heavy atom. The summed E-state index contributed by atoms with van der Waals surface area (Å²) in [5.74, 6) is -0.573. The van der Waals surface area contributed by atoms with E-state index in [-0.39, 0.29) is 17.9 Å². The van der Waals surface area contributed by atoms with Crippen LogP contribution in [-0.4, -0.2) is 88.2 Å². The highest BCUT2D eigenvalue weighted by atomic mass is 32.2. The molecule has 0 spiro atoms. The van der Waals surface area contributed by atoms with Gasteiger partial charge in [-0.05, 0) is 42.5 Å². The van der Waals surface area contributed by atoms with Crippen LogP contribution in [0.1, 0.15) is 31.4 Å². The molecule has 1 aromatic rings. The zero-order valence-corrected chi connectivity index (χ0v) is 22.1. The molecular formula is C24H38N4O4S2. The molecule has 0 saturated carbocycles. The van der Waals surface area contributed by atoms with Gasteiger partial charge in [0.05, 0.1) is 6.04 Å². The molecule has 0 saturated heterocycles. The molecule has 0 aliphatic carbocycles. The average molecular weight is 511 g/mol. The standard InChI is InChI=1S/C24H38N4O4S2/c1-15(2)21(27(3)13-18(25)14-33)23(30)28-12-17-8-6-5-7-16(17)11-20(28)22(29)26-19(24(31)32)9-10-34-4/h5-8,15,18-21,33H,9-14,25H2,1-4H3,(H,26,29)(H,31,32)/t18?,19-,20+,21+/m1/s1. The fourth-order valence-electron chi connectivity index (χ4n) is 4.44. The lowest BCUT2D eigenvalue weighted by molar-refractivity contribution is -0.148. The molecule has 1 aromatic carbocycles. The minimum atomic E-state index is -1.07. The quantitative estimate of drug-likeness (QED) is 0.315. The molecule has 2 rings (SSSR count). The minimum absolute atomic E-state index is 0.0150. The van der Waals surface area contributed by atoms with Gasteiger partial charge in [0.25, 0.3) is 0 Å². The van der Waals surface area contributed by atoms with Crippen LogP contribution in [0, 0.1) is 5.92 Å². The van der Waals surface area contributed by atoms with Gasteiger partial charge in [-0.25, -0.2) is 4.79 Å². The summed E-state index contributed by atoms with van der Waals surface area (Å²) >= 11 is 5.78. The molecule has 0 radical (unpaired) electrons. The number of nitrogens with one attached hydrogen (secondary N) is 1. The van der Waals surface area contributed by atoms with Crippen LogP contribution in [0.15, 0.2) is 24.3 Å². The summed E-state index contributed by atoms with van der Waals surface area (Å²) in [6.45, 7) is 4.74. The molecular weight excluding hydrogens is 472 g/mol. The highest BCUT2D eigenvalue weighted by Crippen LogP contribution is 2.26. The smallest absolute Gasteiger partial charge is 0.326 e. The number of nitrogens with zero attached hydrogens (tertiary/aromatic N) is 2. The number of aliphatic carboxylic acids is 1. The Labute approximate surface area is 212 Å². The average Bonchev–Trinajstić information content (AvgIpc) is 2.80. The SMILES string of the molecule is CSCC[C@@H](NC(=O)[C@@H]1Cc2ccccc2CN1C(=O)[C@H](C(C)C)N(C)CC(N)CS)C(=O)O. The first-order valence-corrected chi connectivity index (χ1v) is 13.6. The number of carboxylic acids is 1. The van der Waals surface area contributed by atoms with Crippen molar-refractivity contribution in [1.82, 2.24) is 15.1 Å². The number of fused-ring (bicyclic) bond motifs is 1. The van der Waals surface area contributed by atoms with Crippen molar-refractivity contribution in [2.45, 2.75) is 57.4 Å². The predicted octanol–water partition coefficient (Wildman–Crippen LogP) is 1.48. The van der Waals surface area contributed by atoms with Crippen LogP contribution in [0.5, 0.6) is 0 Å². The summed E-state index contributed by atoms with van der Waals surface area (Å²) in [6, 6.07) is 5.31. The second kappa shape index (κ2) is 13.4. The Bertz CT molecular complexity index is 854. The van der Waals surface area contributed by atoms with Crippen molar-refractivity contribution < 1.29 is 19.5 Å². The second-order valence-electron chi connectivity index (χ2n) is 9.21. The van der Waals surface area contributed by atoms with E-state index >= 15 is 0 Å². The van der Waals surface area contributed by atoms with Gasteiger partial charge in [-0.15, -0.1) is 0 Å². The summed E-state index contributed by atoms with van der Waals surface area (Å²) < 4.78 is 0. The van der Waals surface area contributed by atoms with E-state index in [2.05, 4.69) is 17.9 Å². The number of amides is 2. The van der Waals surface area contributed by atoms with Gasteiger partial charge >= 0.3 is 5.97 Å². The largest absolute Gasteiger partial charge is 0.480 e. The maximum atomic E-state index is 13.9. The number of carboxylic acid groups (broad SMARTS) is 1. The van der Waals surface area contributed by atoms with E-state index in [1.165, 1.54) is 11.8 Å². The van der Waals surface area contributed by atoms with E-state index < -0.39 is 30.0 Å². The number of hydrogen-bond donors (Lipinski definition) is 4. The summed E-state index contributed by atoms with van der Waals surface area (Å²) in [5.41, 5.74) is 8.08. The van der Waals surface area contributed by atoms with Gasteiger partial charge in [0.1, 0.15) is 12.1 Å². The number of likely N-dealkylation sites (N-methyl/N-ethyl adjacent to an activating group) is 1. The van der Waals surface area contributed by atoms with Gasteiger partial charge in [0.15, 0.2) is 0 Å². The van der Waals surface area contributed by atoms with Gasteiger partial charge in [-0.1, -0.05) is 38.1 Å². The van der Waals surface area contributed by atoms with Crippen LogP contribution < -0.4 is 11.1 Å². The van der Waals surface area contributed by atoms with Gasteiger partial charge in [-0.2, -0.15) is 24.4 Å². The number of hydrogen-bond acceptors (Lipinski definition) is 7. The lowest BCUT2D eigenvalue weighted by atomic mass is 9.91. The maximum absolute atomic E-state index is 13.9. The number of carbonyl (C=O) groups is 3. The fourth-order valence-corrected chi connectivity index (χ4v) is 5.03. The first kappa shape index (κ1) is 28.5. The molecule has 10 heteroatoms. The van der Waals surface area contributed by atoms with E-state index in [0.29, 0.717) is 37.4 Å². The predicted molar refractivity (Wildman–Crippen MR) is 140 cm³/mol. The third-order valence-corrected chi connectivity index (χ3v) is 7.29. The third kappa shape index (κ3) is 7.37. The van der Waals surface area contributed by atoms with Crippen molar-refractivity contribution in [3.05, 3.63) is 35.4 Å². The molecule has 190 valence electrons. The van der Waals surface area contributed by atoms with Gasteiger partial charge < -0.3 is 21.1 Å². The number of rotatable bonds is 12. The number of carbonyl (C=O) groups excluding carboxylic acids is 2. The topological polar surface area (TPSA) is 116 Å². The van der Waals surface area contributed by atoms with Gasteiger partial charge in [-0.3, -0.25) is 14.5 Å². The van der Waals surface area contributed by atoms with Gasteiger partial charge in [0, 0.05) is 31.3 Å². The number of thiol groups is 1. The van der Waals surface area contributed by atoms with Crippen LogP contribution in [0.25, 0.3) is 0 Å². The van der Waals surface area contributed by atoms with E-state index in [1.807, 2.05) is 56.3 Å². The zero-order chi connectivity index (χ0) is 25.4. The maximum Gasteiger partial charge on any atom is 0.326 e. The van der Waals surface area contributed by atoms with Crippen LogP contribution in [0.3, 0.4) is 0 Å². The number of thioether (sulfide) groups is 1. The van der Waals surface area contributed by atoms with E-state index in [9.17, 15) is 19.5 Å². The second-order valence-corrected chi connectivity index (χ2v) is 10.6. The van der Waals surface area contributed by atoms with Crippen molar-refractivity contribution in [1.29, 1.82) is 0 Å². The summed E-state index contributed by atoms with van der Waals surface area (Å²) in [6.07, 6.45) is 2.55. The lowest BCUT2D eigenvalue weighted by Gasteiger charge is -2.41. The first-order chi connectivity index (χ1) is 16.1. The molecule has 8 nitrogen and oxygen atoms in total. The summed E-state index contributed by atoms with van der Waals surface area (Å²) in [7, 11) is 1.86. The third-order valence-electron chi connectivity index (χ3n) is 6.18. The Morgan fingerprint density at radius 3 is 2.50 bits per heavy atom. The molecule has 0 bridgehead atoms. The molecule has 34 heavy (non-hydrogen) atoms. The molecule has 4 N–H and O–H groups in total. The molecule has 0 aromatic heterocycles. The lowest BCUT2D eigenvalue weighted by Crippen LogP contribution is -2.60. The zero-order valence-electron chi connectivity index (χ0n) is 20.4. The van der Waals surface area contributed by atoms with Crippen LogP contribution in [-0.2, 0) is 27.3 Å². The van der Waals surface area contributed by atoms with Crippen molar-refractivity contribution in [2.24, 2.45) is 11.7 Å². The number of nitrogens with two attached hydrogens (primary N) is 1. The molecule has 1 unspecified atom stereocenters. The summed E-state index contributed by atoms with van der Waals surface area (Å²) in [5, 5.41) is 12.3. The Balaban J connectivity index is 2.35.